The first kappa shape index (κ1) is 21.4. The van der Waals surface area contributed by atoms with Crippen LogP contribution in [0.3, 0.4) is 0 Å². The Morgan fingerprint density at radius 2 is 1.71 bits per heavy atom. The van der Waals surface area contributed by atoms with Crippen molar-refractivity contribution >= 4 is 34.9 Å². The van der Waals surface area contributed by atoms with Gasteiger partial charge in [-0.05, 0) is 23.3 Å². The van der Waals surface area contributed by atoms with Gasteiger partial charge in [-0.2, -0.15) is 0 Å². The highest BCUT2D eigenvalue weighted by Crippen LogP contribution is 2.31. The van der Waals surface area contributed by atoms with Gasteiger partial charge in [0, 0.05) is 24.8 Å². The van der Waals surface area contributed by atoms with Crippen LogP contribution in [0.15, 0.2) is 66.7 Å². The molecule has 1 unspecified atom stereocenters. The van der Waals surface area contributed by atoms with Crippen molar-refractivity contribution in [2.45, 2.75) is 19.1 Å². The van der Waals surface area contributed by atoms with Crippen LogP contribution < -0.4 is 11.1 Å². The van der Waals surface area contributed by atoms with Crippen molar-refractivity contribution in [2.75, 3.05) is 7.11 Å². The Kier molecular flexibility index (Phi) is 6.78. The van der Waals surface area contributed by atoms with Gasteiger partial charge < -0.3 is 15.8 Å². The van der Waals surface area contributed by atoms with Gasteiger partial charge in [-0.3, -0.25) is 10.2 Å². The molecule has 0 bridgehead atoms. The highest BCUT2D eigenvalue weighted by atomic mass is 35.5. The number of hydrogen-bond donors (Lipinski definition) is 3. The van der Waals surface area contributed by atoms with Gasteiger partial charge in [0.15, 0.2) is 5.60 Å². The number of amides is 1. The molecule has 0 aliphatic carbocycles. The number of methoxy groups -OCH3 is 1. The molecule has 0 fully saturated rings. The van der Waals surface area contributed by atoms with E-state index < -0.39 is 5.60 Å². The van der Waals surface area contributed by atoms with Crippen LogP contribution in [0.4, 0.5) is 0 Å². The number of nitrogens with two attached hydrogens (primary N) is 1. The van der Waals surface area contributed by atoms with E-state index in [2.05, 4.69) is 5.32 Å². The first-order valence-corrected chi connectivity index (χ1v) is 8.71. The van der Waals surface area contributed by atoms with Gasteiger partial charge in [0.2, 0.25) is 0 Å². The van der Waals surface area contributed by atoms with Crippen LogP contribution in [-0.4, -0.2) is 18.9 Å². The number of carbonyl (C=O) groups excluding carboxylic acids is 1. The third kappa shape index (κ3) is 4.16. The summed E-state index contributed by atoms with van der Waals surface area (Å²) in [6, 6.07) is 21.0. The molecule has 4 N–H and O–H groups in total. The normalized spacial score (nSPS) is 12.6. The summed E-state index contributed by atoms with van der Waals surface area (Å²) in [4.78, 5) is 13.0. The van der Waals surface area contributed by atoms with E-state index in [1.165, 1.54) is 0 Å². The van der Waals surface area contributed by atoms with Crippen molar-refractivity contribution in [2.24, 2.45) is 5.73 Å². The lowest BCUT2D eigenvalue weighted by molar-refractivity contribution is -0.142. The summed E-state index contributed by atoms with van der Waals surface area (Å²) in [5.41, 5.74) is 6.76. The second-order valence-corrected chi connectivity index (χ2v) is 6.56. The first-order chi connectivity index (χ1) is 13.0. The monoisotopic (exact) mass is 397 g/mol. The topological polar surface area (TPSA) is 88.2 Å². The Hall–Kier alpha value is -2.89. The number of rotatable bonds is 6. The molecule has 0 saturated heterocycles. The fraction of sp³-hybridized carbons (Fsp3) is 0.182. The standard InChI is InChI=1S/C22H23N3O2.ClH/c1-22(27-2,19-9-5-7-16-6-3-4-8-18(16)19)21(26)25-14-15-10-12-17(13-11-15)20(23)24;/h3-13H,14H2,1-2H3,(H3,23,24)(H,25,26);1H. The van der Waals surface area contributed by atoms with Crippen molar-refractivity contribution in [3.63, 3.8) is 0 Å². The molecule has 1 amide bonds. The predicted octanol–water partition coefficient (Wildman–Crippen LogP) is 3.72. The number of carbonyl (C=O) groups is 1. The van der Waals surface area contributed by atoms with Crippen LogP contribution in [0, 0.1) is 5.41 Å². The Balaban J connectivity index is 0.00000280. The minimum atomic E-state index is -1.11. The summed E-state index contributed by atoms with van der Waals surface area (Å²) in [7, 11) is 1.54. The van der Waals surface area contributed by atoms with Crippen LogP contribution >= 0.6 is 12.4 Å². The molecule has 0 spiro atoms. The lowest BCUT2D eigenvalue weighted by atomic mass is 9.89. The largest absolute Gasteiger partial charge is 0.384 e. The van der Waals surface area contributed by atoms with Crippen molar-refractivity contribution in [3.05, 3.63) is 83.4 Å². The summed E-state index contributed by atoms with van der Waals surface area (Å²) in [5, 5.41) is 12.4. The second-order valence-electron chi connectivity index (χ2n) is 6.56. The van der Waals surface area contributed by atoms with Crippen molar-refractivity contribution < 1.29 is 9.53 Å². The molecule has 3 rings (SSSR count). The molecule has 0 aliphatic heterocycles. The average molecular weight is 398 g/mol. The predicted molar refractivity (Wildman–Crippen MR) is 115 cm³/mol. The van der Waals surface area contributed by atoms with E-state index in [1.54, 1.807) is 26.2 Å². The summed E-state index contributed by atoms with van der Waals surface area (Å²) < 4.78 is 5.68. The van der Waals surface area contributed by atoms with E-state index in [9.17, 15) is 4.79 Å². The number of halogens is 1. The highest BCUT2D eigenvalue weighted by molar-refractivity contribution is 5.95. The summed E-state index contributed by atoms with van der Waals surface area (Å²) in [6.45, 7) is 2.14. The van der Waals surface area contributed by atoms with E-state index >= 15 is 0 Å². The van der Waals surface area contributed by atoms with E-state index in [4.69, 9.17) is 15.9 Å². The van der Waals surface area contributed by atoms with Gasteiger partial charge in [-0.25, -0.2) is 0 Å². The summed E-state index contributed by atoms with van der Waals surface area (Å²) in [6.07, 6.45) is 0. The van der Waals surface area contributed by atoms with E-state index in [0.29, 0.717) is 12.1 Å². The minimum absolute atomic E-state index is 0. The zero-order chi connectivity index (χ0) is 19.4. The maximum Gasteiger partial charge on any atom is 0.256 e. The first-order valence-electron chi connectivity index (χ1n) is 8.71. The molecule has 5 nitrogen and oxygen atoms in total. The lowest BCUT2D eigenvalue weighted by Gasteiger charge is -2.28. The number of nitrogens with one attached hydrogen (secondary N) is 2. The summed E-state index contributed by atoms with van der Waals surface area (Å²) in [5.74, 6) is -0.189. The number of ether oxygens (including phenoxy) is 1. The lowest BCUT2D eigenvalue weighted by Crippen LogP contribution is -2.43. The second kappa shape index (κ2) is 8.87. The number of amidine groups is 1. The maximum absolute atomic E-state index is 13.0. The van der Waals surface area contributed by atoms with Crippen LogP contribution in [0.5, 0.6) is 0 Å². The van der Waals surface area contributed by atoms with E-state index in [0.717, 1.165) is 21.9 Å². The number of hydrogen-bond acceptors (Lipinski definition) is 3. The smallest absolute Gasteiger partial charge is 0.256 e. The molecular weight excluding hydrogens is 374 g/mol. The molecule has 0 saturated carbocycles. The van der Waals surface area contributed by atoms with Gasteiger partial charge in [0.1, 0.15) is 5.84 Å². The fourth-order valence-electron chi connectivity index (χ4n) is 3.12. The zero-order valence-electron chi connectivity index (χ0n) is 15.9. The molecule has 0 heterocycles. The minimum Gasteiger partial charge on any atom is -0.384 e. The Morgan fingerprint density at radius 3 is 2.36 bits per heavy atom. The van der Waals surface area contributed by atoms with Gasteiger partial charge in [-0.1, -0.05) is 66.7 Å². The van der Waals surface area contributed by atoms with Crippen molar-refractivity contribution in [1.82, 2.24) is 5.32 Å². The summed E-state index contributed by atoms with van der Waals surface area (Å²) >= 11 is 0. The number of nitrogen functional groups attached to an aromatic ring is 1. The third-order valence-corrected chi connectivity index (χ3v) is 4.86. The molecule has 3 aromatic rings. The van der Waals surface area contributed by atoms with Crippen LogP contribution in [0.25, 0.3) is 10.8 Å². The zero-order valence-corrected chi connectivity index (χ0v) is 16.7. The molecule has 28 heavy (non-hydrogen) atoms. The van der Waals surface area contributed by atoms with Gasteiger partial charge >= 0.3 is 0 Å². The van der Waals surface area contributed by atoms with Crippen molar-refractivity contribution in [1.29, 1.82) is 5.41 Å². The van der Waals surface area contributed by atoms with E-state index in [-0.39, 0.29) is 24.1 Å². The molecule has 3 aromatic carbocycles. The molecule has 0 radical (unpaired) electrons. The Labute approximate surface area is 170 Å². The SMILES string of the molecule is COC(C)(C(=O)NCc1ccc(C(=N)N)cc1)c1cccc2ccccc12.Cl. The fourth-order valence-corrected chi connectivity index (χ4v) is 3.12. The Morgan fingerprint density at radius 1 is 1.07 bits per heavy atom. The van der Waals surface area contributed by atoms with Gasteiger partial charge in [0.05, 0.1) is 0 Å². The third-order valence-electron chi connectivity index (χ3n) is 4.86. The Bertz CT molecular complexity index is 983. The quantitative estimate of drug-likeness (QED) is 0.437. The number of benzene rings is 3. The van der Waals surface area contributed by atoms with Gasteiger partial charge in [-0.15, -0.1) is 12.4 Å². The average Bonchev–Trinajstić information content (AvgIpc) is 2.71. The van der Waals surface area contributed by atoms with E-state index in [1.807, 2.05) is 54.6 Å². The van der Waals surface area contributed by atoms with Crippen LogP contribution in [0.2, 0.25) is 0 Å². The van der Waals surface area contributed by atoms with Crippen LogP contribution in [-0.2, 0) is 21.7 Å². The molecule has 146 valence electrons. The molecule has 0 aliphatic rings. The van der Waals surface area contributed by atoms with Crippen LogP contribution in [0.1, 0.15) is 23.6 Å². The maximum atomic E-state index is 13.0. The van der Waals surface area contributed by atoms with Crippen molar-refractivity contribution in [3.8, 4) is 0 Å². The molecule has 6 heteroatoms. The molecule has 0 aromatic heterocycles. The highest BCUT2D eigenvalue weighted by Gasteiger charge is 2.36. The van der Waals surface area contributed by atoms with Gasteiger partial charge in [0.25, 0.3) is 5.91 Å². The molecule has 1 atom stereocenters. The molecular formula is C22H24ClN3O2. The number of fused-ring (bicyclic) bond motifs is 1.